The molecule has 0 aromatic carbocycles. The maximum absolute atomic E-state index is 4.55. The van der Waals surface area contributed by atoms with Crippen LogP contribution in [-0.4, -0.2) is 33.1 Å². The van der Waals surface area contributed by atoms with Gasteiger partial charge in [0.2, 0.25) is 0 Å². The molecule has 0 aliphatic carbocycles. The van der Waals surface area contributed by atoms with Crippen molar-refractivity contribution in [2.45, 2.75) is 26.4 Å². The lowest BCUT2D eigenvalue weighted by molar-refractivity contribution is 0.503. The molecule has 5 heteroatoms. The lowest BCUT2D eigenvalue weighted by Crippen LogP contribution is -2.31. The topological polar surface area (TPSA) is 42.2 Å². The molecule has 1 atom stereocenters. The Hall–Kier alpha value is -0.970. The number of amidine groups is 1. The van der Waals surface area contributed by atoms with Crippen LogP contribution in [0.15, 0.2) is 23.7 Å². The van der Waals surface area contributed by atoms with Gasteiger partial charge in [-0.15, -0.1) is 0 Å². The summed E-state index contributed by atoms with van der Waals surface area (Å²) in [7, 11) is 0. The Morgan fingerprint density at radius 1 is 1.69 bits per heavy atom. The van der Waals surface area contributed by atoms with E-state index in [-0.39, 0.29) is 0 Å². The van der Waals surface area contributed by atoms with Crippen LogP contribution in [0.2, 0.25) is 0 Å². The Morgan fingerprint density at radius 3 is 3.19 bits per heavy atom. The first kappa shape index (κ1) is 11.5. The number of hydrogen-bond acceptors (Lipinski definition) is 3. The number of nitrogens with one attached hydrogen (secondary N) is 1. The number of imidazole rings is 1. The van der Waals surface area contributed by atoms with Crippen LogP contribution in [0.25, 0.3) is 0 Å². The third-order valence-corrected chi connectivity index (χ3v) is 3.73. The second-order valence-corrected chi connectivity index (χ2v) is 5.30. The van der Waals surface area contributed by atoms with E-state index in [0.29, 0.717) is 12.0 Å². The van der Waals surface area contributed by atoms with Crippen molar-refractivity contribution in [1.29, 1.82) is 0 Å². The molecule has 1 fully saturated rings. The molecule has 88 valence electrons. The molecular formula is C11H18N4S. The molecule has 16 heavy (non-hydrogen) atoms. The van der Waals surface area contributed by atoms with Crippen LogP contribution in [-0.2, 0) is 6.54 Å². The standard InChI is InChI=1S/C11H18N4S/c1-9(2)10-7-16-11(14-10)13-4-6-15-5-3-12-8-15/h3,5,8-10H,4,6-7H2,1-2H3,(H,13,14)/t10-/m1/s1. The highest BCUT2D eigenvalue weighted by atomic mass is 32.2. The van der Waals surface area contributed by atoms with E-state index in [4.69, 9.17) is 0 Å². The second kappa shape index (κ2) is 5.39. The van der Waals surface area contributed by atoms with Crippen molar-refractivity contribution in [1.82, 2.24) is 14.9 Å². The molecule has 0 amide bonds. The van der Waals surface area contributed by atoms with Crippen molar-refractivity contribution < 1.29 is 0 Å². The first-order valence-corrected chi connectivity index (χ1v) is 6.64. The molecule has 1 aliphatic rings. The summed E-state index contributed by atoms with van der Waals surface area (Å²) in [6.07, 6.45) is 5.59. The Labute approximate surface area is 101 Å². The second-order valence-electron chi connectivity index (χ2n) is 4.29. The third-order valence-electron chi connectivity index (χ3n) is 2.69. The molecule has 1 saturated heterocycles. The fraction of sp³-hybridized carbons (Fsp3) is 0.636. The number of rotatable bonds is 4. The van der Waals surface area contributed by atoms with Gasteiger partial charge in [0, 0.05) is 30.7 Å². The zero-order valence-electron chi connectivity index (χ0n) is 9.76. The summed E-state index contributed by atoms with van der Waals surface area (Å²) in [6, 6.07) is 0.581. The fourth-order valence-electron chi connectivity index (χ4n) is 1.55. The molecule has 0 spiro atoms. The van der Waals surface area contributed by atoms with E-state index >= 15 is 0 Å². The Kier molecular flexibility index (Phi) is 3.88. The van der Waals surface area contributed by atoms with Crippen molar-refractivity contribution in [3.8, 4) is 0 Å². The highest BCUT2D eigenvalue weighted by Crippen LogP contribution is 2.18. The van der Waals surface area contributed by atoms with Gasteiger partial charge in [0.25, 0.3) is 0 Å². The van der Waals surface area contributed by atoms with E-state index in [1.54, 1.807) is 6.20 Å². The smallest absolute Gasteiger partial charge is 0.156 e. The van der Waals surface area contributed by atoms with Crippen molar-refractivity contribution in [3.63, 3.8) is 0 Å². The normalized spacial score (nSPS) is 22.9. The van der Waals surface area contributed by atoms with E-state index in [1.165, 1.54) is 0 Å². The molecule has 0 saturated carbocycles. The quantitative estimate of drug-likeness (QED) is 0.866. The molecule has 0 bridgehead atoms. The molecule has 0 radical (unpaired) electrons. The summed E-state index contributed by atoms with van der Waals surface area (Å²) in [4.78, 5) is 8.55. The van der Waals surface area contributed by atoms with Crippen LogP contribution in [0, 0.1) is 5.92 Å². The van der Waals surface area contributed by atoms with Crippen LogP contribution in [0.1, 0.15) is 13.8 Å². The number of aromatic nitrogens is 2. The van der Waals surface area contributed by atoms with E-state index in [9.17, 15) is 0 Å². The van der Waals surface area contributed by atoms with Crippen molar-refractivity contribution in [3.05, 3.63) is 18.7 Å². The molecule has 1 aliphatic heterocycles. The minimum atomic E-state index is 0.581. The summed E-state index contributed by atoms with van der Waals surface area (Å²) in [5.41, 5.74) is 0. The average Bonchev–Trinajstić information content (AvgIpc) is 2.87. The van der Waals surface area contributed by atoms with Gasteiger partial charge < -0.3 is 9.88 Å². The van der Waals surface area contributed by atoms with Crippen molar-refractivity contribution in [2.75, 3.05) is 12.3 Å². The van der Waals surface area contributed by atoms with Crippen molar-refractivity contribution in [2.24, 2.45) is 10.9 Å². The molecule has 2 heterocycles. The maximum Gasteiger partial charge on any atom is 0.156 e. The molecular weight excluding hydrogens is 220 g/mol. The molecule has 1 aromatic heterocycles. The molecule has 4 nitrogen and oxygen atoms in total. The highest BCUT2D eigenvalue weighted by Gasteiger charge is 2.22. The van der Waals surface area contributed by atoms with Gasteiger partial charge in [0.15, 0.2) is 5.17 Å². The minimum absolute atomic E-state index is 0.581. The number of thioether (sulfide) groups is 1. The predicted octanol–water partition coefficient (Wildman–Crippen LogP) is 1.60. The van der Waals surface area contributed by atoms with Crippen LogP contribution in [0.3, 0.4) is 0 Å². The zero-order chi connectivity index (χ0) is 11.4. The molecule has 0 unspecified atom stereocenters. The summed E-state index contributed by atoms with van der Waals surface area (Å²) in [5, 5.41) is 4.55. The van der Waals surface area contributed by atoms with Gasteiger partial charge in [-0.2, -0.15) is 0 Å². The number of aliphatic imine (C=N–C) groups is 1. The fourth-order valence-corrected chi connectivity index (χ4v) is 2.77. The van der Waals surface area contributed by atoms with Gasteiger partial charge in [-0.1, -0.05) is 25.6 Å². The third kappa shape index (κ3) is 3.01. The highest BCUT2D eigenvalue weighted by molar-refractivity contribution is 8.14. The number of hydrogen-bond donors (Lipinski definition) is 1. The van der Waals surface area contributed by atoms with Gasteiger partial charge in [0.1, 0.15) is 0 Å². The molecule has 1 aromatic rings. The van der Waals surface area contributed by atoms with Gasteiger partial charge in [-0.25, -0.2) is 4.98 Å². The Morgan fingerprint density at radius 2 is 2.56 bits per heavy atom. The van der Waals surface area contributed by atoms with Gasteiger partial charge in [-0.3, -0.25) is 4.99 Å². The largest absolute Gasteiger partial charge is 0.361 e. The first-order valence-electron chi connectivity index (χ1n) is 5.65. The van der Waals surface area contributed by atoms with Gasteiger partial charge in [0.05, 0.1) is 12.9 Å². The summed E-state index contributed by atoms with van der Waals surface area (Å²) in [6.45, 7) is 6.20. The van der Waals surface area contributed by atoms with E-state index in [1.807, 2.05) is 28.9 Å². The van der Waals surface area contributed by atoms with Gasteiger partial charge >= 0.3 is 0 Å². The van der Waals surface area contributed by atoms with Crippen molar-refractivity contribution >= 4 is 16.9 Å². The maximum atomic E-state index is 4.55. The van der Waals surface area contributed by atoms with Crippen LogP contribution < -0.4 is 5.32 Å². The average molecular weight is 238 g/mol. The monoisotopic (exact) mass is 238 g/mol. The molecule has 1 N–H and O–H groups in total. The van der Waals surface area contributed by atoms with E-state index in [0.717, 1.165) is 24.0 Å². The SMILES string of the molecule is CC(C)[C@H]1CSC(=NCCn2ccnc2)N1. The predicted molar refractivity (Wildman–Crippen MR) is 68.7 cm³/mol. The lowest BCUT2D eigenvalue weighted by atomic mass is 10.1. The zero-order valence-corrected chi connectivity index (χ0v) is 10.6. The lowest BCUT2D eigenvalue weighted by Gasteiger charge is -2.13. The minimum Gasteiger partial charge on any atom is -0.361 e. The van der Waals surface area contributed by atoms with Crippen LogP contribution >= 0.6 is 11.8 Å². The van der Waals surface area contributed by atoms with Crippen LogP contribution in [0.4, 0.5) is 0 Å². The summed E-state index contributed by atoms with van der Waals surface area (Å²) in [5.74, 6) is 1.82. The van der Waals surface area contributed by atoms with Crippen LogP contribution in [0.5, 0.6) is 0 Å². The summed E-state index contributed by atoms with van der Waals surface area (Å²) < 4.78 is 2.05. The summed E-state index contributed by atoms with van der Waals surface area (Å²) >= 11 is 1.83. The Bertz CT molecular complexity index is 345. The molecule has 2 rings (SSSR count). The van der Waals surface area contributed by atoms with Gasteiger partial charge in [-0.05, 0) is 5.92 Å². The number of nitrogens with zero attached hydrogens (tertiary/aromatic N) is 3. The Balaban J connectivity index is 1.77. The van der Waals surface area contributed by atoms with E-state index < -0.39 is 0 Å². The first-order chi connectivity index (χ1) is 7.75. The van der Waals surface area contributed by atoms with E-state index in [2.05, 4.69) is 29.1 Å².